The fourth-order valence-electron chi connectivity index (χ4n) is 1.90. The lowest BCUT2D eigenvalue weighted by atomic mass is 9.90. The number of rotatable bonds is 4. The van der Waals surface area contributed by atoms with Crippen molar-refractivity contribution in [3.63, 3.8) is 0 Å². The van der Waals surface area contributed by atoms with E-state index in [1.54, 1.807) is 0 Å². The molecule has 14 heavy (non-hydrogen) atoms. The minimum Gasteiger partial charge on any atom is -0.319 e. The Kier molecular flexibility index (Phi) is 4.15. The molecule has 0 radical (unpaired) electrons. The Hall–Kier alpha value is -0.820. The molecule has 1 aromatic carbocycles. The van der Waals surface area contributed by atoms with Crippen LogP contribution in [0.1, 0.15) is 43.7 Å². The second-order valence-electron chi connectivity index (χ2n) is 4.24. The molecule has 1 aromatic rings. The fourth-order valence-corrected chi connectivity index (χ4v) is 1.90. The van der Waals surface area contributed by atoms with E-state index in [-0.39, 0.29) is 0 Å². The number of likely N-dealkylation sites (N-methyl/N-ethyl adjacent to an activating group) is 1. The minimum atomic E-state index is 0.596. The maximum atomic E-state index is 3.23. The van der Waals surface area contributed by atoms with E-state index in [1.165, 1.54) is 11.1 Å². The van der Waals surface area contributed by atoms with Crippen LogP contribution in [0, 0.1) is 0 Å². The fraction of sp³-hybridized carbons (Fsp3) is 0.538. The molecule has 0 amide bonds. The first kappa shape index (κ1) is 11.3. The average Bonchev–Trinajstić information content (AvgIpc) is 2.18. The van der Waals surface area contributed by atoms with E-state index in [0.29, 0.717) is 11.8 Å². The molecule has 0 saturated heterocycles. The highest BCUT2D eigenvalue weighted by Crippen LogP contribution is 2.25. The lowest BCUT2D eigenvalue weighted by Crippen LogP contribution is -2.16. The van der Waals surface area contributed by atoms with Gasteiger partial charge in [0.2, 0.25) is 0 Å². The number of hydrogen-bond donors (Lipinski definition) is 1. The maximum absolute atomic E-state index is 3.23. The molecule has 0 spiro atoms. The van der Waals surface area contributed by atoms with Crippen LogP contribution in [0.5, 0.6) is 0 Å². The standard InChI is InChI=1S/C13H21N/c1-10(2)12-7-5-6-8-13(12)11(3)9-14-4/h5-8,10-11,14H,9H2,1-4H3. The van der Waals surface area contributed by atoms with Crippen molar-refractivity contribution in [2.75, 3.05) is 13.6 Å². The van der Waals surface area contributed by atoms with E-state index >= 15 is 0 Å². The van der Waals surface area contributed by atoms with Gasteiger partial charge in [0.1, 0.15) is 0 Å². The van der Waals surface area contributed by atoms with Crippen molar-refractivity contribution in [2.45, 2.75) is 32.6 Å². The lowest BCUT2D eigenvalue weighted by molar-refractivity contribution is 0.664. The summed E-state index contributed by atoms with van der Waals surface area (Å²) in [7, 11) is 2.01. The SMILES string of the molecule is CNCC(C)c1ccccc1C(C)C. The largest absolute Gasteiger partial charge is 0.319 e. The summed E-state index contributed by atoms with van der Waals surface area (Å²) in [5.74, 6) is 1.21. The molecule has 1 unspecified atom stereocenters. The van der Waals surface area contributed by atoms with Crippen LogP contribution >= 0.6 is 0 Å². The normalized spacial score (nSPS) is 13.2. The van der Waals surface area contributed by atoms with Gasteiger partial charge in [-0.2, -0.15) is 0 Å². The van der Waals surface area contributed by atoms with Crippen molar-refractivity contribution in [2.24, 2.45) is 0 Å². The highest BCUT2D eigenvalue weighted by molar-refractivity contribution is 5.32. The van der Waals surface area contributed by atoms with Gasteiger partial charge in [-0.3, -0.25) is 0 Å². The molecule has 78 valence electrons. The predicted octanol–water partition coefficient (Wildman–Crippen LogP) is 3.13. The highest BCUT2D eigenvalue weighted by Gasteiger charge is 2.11. The van der Waals surface area contributed by atoms with Gasteiger partial charge in [0, 0.05) is 6.54 Å². The van der Waals surface area contributed by atoms with Gasteiger partial charge in [0.25, 0.3) is 0 Å². The van der Waals surface area contributed by atoms with Crippen molar-refractivity contribution >= 4 is 0 Å². The zero-order chi connectivity index (χ0) is 10.6. The Morgan fingerprint density at radius 3 is 2.14 bits per heavy atom. The molecular weight excluding hydrogens is 170 g/mol. The van der Waals surface area contributed by atoms with Crippen molar-refractivity contribution in [3.8, 4) is 0 Å². The molecule has 0 aromatic heterocycles. The Bertz CT molecular complexity index is 278. The molecule has 0 heterocycles. The van der Waals surface area contributed by atoms with Crippen LogP contribution < -0.4 is 5.32 Å². The maximum Gasteiger partial charge on any atom is 0.00145 e. The molecule has 0 aliphatic carbocycles. The van der Waals surface area contributed by atoms with Gasteiger partial charge >= 0.3 is 0 Å². The highest BCUT2D eigenvalue weighted by atomic mass is 14.8. The Labute approximate surface area is 87.5 Å². The third-order valence-corrected chi connectivity index (χ3v) is 2.66. The summed E-state index contributed by atoms with van der Waals surface area (Å²) >= 11 is 0. The van der Waals surface area contributed by atoms with Crippen LogP contribution in [0.3, 0.4) is 0 Å². The van der Waals surface area contributed by atoms with E-state index in [9.17, 15) is 0 Å². The van der Waals surface area contributed by atoms with Crippen LogP contribution in [0.25, 0.3) is 0 Å². The van der Waals surface area contributed by atoms with E-state index in [0.717, 1.165) is 6.54 Å². The van der Waals surface area contributed by atoms with Crippen LogP contribution in [-0.2, 0) is 0 Å². The van der Waals surface area contributed by atoms with Crippen molar-refractivity contribution < 1.29 is 0 Å². The van der Waals surface area contributed by atoms with Crippen LogP contribution in [0.2, 0.25) is 0 Å². The van der Waals surface area contributed by atoms with Crippen LogP contribution in [0.4, 0.5) is 0 Å². The van der Waals surface area contributed by atoms with Gasteiger partial charge in [-0.15, -0.1) is 0 Å². The molecule has 1 heteroatoms. The van der Waals surface area contributed by atoms with Crippen molar-refractivity contribution in [1.29, 1.82) is 0 Å². The van der Waals surface area contributed by atoms with E-state index in [1.807, 2.05) is 7.05 Å². The smallest absolute Gasteiger partial charge is 0.00145 e. The third kappa shape index (κ3) is 2.58. The number of nitrogens with one attached hydrogen (secondary N) is 1. The monoisotopic (exact) mass is 191 g/mol. The first-order chi connectivity index (χ1) is 6.66. The summed E-state index contributed by atoms with van der Waals surface area (Å²) in [5.41, 5.74) is 2.96. The van der Waals surface area contributed by atoms with Gasteiger partial charge in [0.05, 0.1) is 0 Å². The summed E-state index contributed by atoms with van der Waals surface area (Å²) in [6.07, 6.45) is 0. The van der Waals surface area contributed by atoms with E-state index < -0.39 is 0 Å². The van der Waals surface area contributed by atoms with Crippen molar-refractivity contribution in [3.05, 3.63) is 35.4 Å². The summed E-state index contributed by atoms with van der Waals surface area (Å²) in [4.78, 5) is 0. The Morgan fingerprint density at radius 1 is 1.07 bits per heavy atom. The molecular formula is C13H21N. The van der Waals surface area contributed by atoms with Gasteiger partial charge in [0.15, 0.2) is 0 Å². The minimum absolute atomic E-state index is 0.596. The van der Waals surface area contributed by atoms with Crippen molar-refractivity contribution in [1.82, 2.24) is 5.32 Å². The first-order valence-electron chi connectivity index (χ1n) is 5.40. The molecule has 0 aliphatic heterocycles. The lowest BCUT2D eigenvalue weighted by Gasteiger charge is -2.18. The van der Waals surface area contributed by atoms with Gasteiger partial charge in [-0.05, 0) is 30.0 Å². The van der Waals surface area contributed by atoms with Crippen LogP contribution in [-0.4, -0.2) is 13.6 Å². The second kappa shape index (κ2) is 5.16. The molecule has 1 N–H and O–H groups in total. The molecule has 0 bridgehead atoms. The van der Waals surface area contributed by atoms with Gasteiger partial charge < -0.3 is 5.32 Å². The average molecular weight is 191 g/mol. The summed E-state index contributed by atoms with van der Waals surface area (Å²) < 4.78 is 0. The molecule has 1 atom stereocenters. The molecule has 0 saturated carbocycles. The predicted molar refractivity (Wildman–Crippen MR) is 62.9 cm³/mol. The topological polar surface area (TPSA) is 12.0 Å². The quantitative estimate of drug-likeness (QED) is 0.771. The van der Waals surface area contributed by atoms with Gasteiger partial charge in [-0.25, -0.2) is 0 Å². The zero-order valence-corrected chi connectivity index (χ0v) is 9.67. The van der Waals surface area contributed by atoms with E-state index in [4.69, 9.17) is 0 Å². The number of hydrogen-bond acceptors (Lipinski definition) is 1. The third-order valence-electron chi connectivity index (χ3n) is 2.66. The summed E-state index contributed by atoms with van der Waals surface area (Å²) in [6.45, 7) is 7.83. The Morgan fingerprint density at radius 2 is 1.64 bits per heavy atom. The Balaban J connectivity index is 2.94. The molecule has 1 rings (SSSR count). The van der Waals surface area contributed by atoms with Crippen LogP contribution in [0.15, 0.2) is 24.3 Å². The van der Waals surface area contributed by atoms with Gasteiger partial charge in [-0.1, -0.05) is 45.0 Å². The molecule has 1 nitrogen and oxygen atoms in total. The zero-order valence-electron chi connectivity index (χ0n) is 9.67. The molecule has 0 fully saturated rings. The second-order valence-corrected chi connectivity index (χ2v) is 4.24. The summed E-state index contributed by atoms with van der Waals surface area (Å²) in [5, 5.41) is 3.23. The molecule has 0 aliphatic rings. The van der Waals surface area contributed by atoms with E-state index in [2.05, 4.69) is 50.4 Å². The number of benzene rings is 1. The first-order valence-corrected chi connectivity index (χ1v) is 5.40. The summed E-state index contributed by atoms with van der Waals surface area (Å²) in [6, 6.07) is 8.75.